The van der Waals surface area contributed by atoms with E-state index < -0.39 is 97.9 Å². The van der Waals surface area contributed by atoms with Crippen LogP contribution in [0.5, 0.6) is 0 Å². The fourth-order valence-corrected chi connectivity index (χ4v) is 126. The number of ether oxygens (including phenoxy) is 6. The van der Waals surface area contributed by atoms with Gasteiger partial charge in [0.1, 0.15) is 0 Å². The molecule has 0 N–H and O–H groups in total. The molecule has 0 saturated carbocycles. The summed E-state index contributed by atoms with van der Waals surface area (Å²) in [5, 5.41) is 0. The zero-order valence-corrected chi connectivity index (χ0v) is 88.5. The first-order valence-corrected chi connectivity index (χ1v) is 82.3. The standard InChI is InChI=1S/2C18H48OSi6.6C4H8O.4HI.2Li.2Tm/c2*1-20(2,3)17(21(4,5)6)24(13,14)19-25(15,16)18(22(7,8)9)23(10,11)12;6*1-2-4-5-3-1;;;;;;;;/h2*1-16H3;6*1-4H2;4*1H;;;;/q2*-2;;;;;;;;;;;2*+1;+2;+3/p-4. The van der Waals surface area contributed by atoms with Gasteiger partial charge in [0.15, 0.2) is 0 Å². The Kier molecular flexibility index (Phi) is 69.8. The summed E-state index contributed by atoms with van der Waals surface area (Å²) in [5.41, 5.74) is 0. The summed E-state index contributed by atoms with van der Waals surface area (Å²) in [6.45, 7) is 93.4. The van der Waals surface area contributed by atoms with Gasteiger partial charge in [-0.25, -0.2) is 0 Å². The molecule has 6 saturated heterocycles. The average Bonchev–Trinajstić information content (AvgIpc) is 4.11. The van der Waals surface area contributed by atoms with Crippen LogP contribution < -0.4 is 85.7 Å². The molecule has 0 amide bonds. The SMILES string of the molecule is C1CCOC1.C1CCOC1.C1CCOC1.C1CCOC1.C1CCOC1.C1CCOC1.C[Si](C)(C)[C-]([Si](C)(C)C)[Si](C)(C)O[Si](C)(C)[C-]([Si](C)(C)C)[Si](C)(C)C.C[Si](C)(C)[C-]([Si](C)(C)C)[Si](C)(C)O[Si](C)(C)[C-]([Si](C)(C)C)[Si](C)(C)C.[I-].[I-].[I][Tm][I].[Li+].[Li+].[Tm+3]. The second-order valence-electron chi connectivity index (χ2n) is 33.7. The summed E-state index contributed by atoms with van der Waals surface area (Å²) in [6, 6.07) is 0. The van der Waals surface area contributed by atoms with Crippen molar-refractivity contribution < 1.29 is 182 Å². The van der Waals surface area contributed by atoms with E-state index in [-0.39, 0.29) is 123 Å². The van der Waals surface area contributed by atoms with E-state index in [2.05, 4.69) is 240 Å². The van der Waals surface area contributed by atoms with Crippen molar-refractivity contribution in [2.75, 3.05) is 79.3 Å². The van der Waals surface area contributed by atoms with Crippen LogP contribution in [0.2, 0.25) is 210 Å². The van der Waals surface area contributed by atoms with Crippen LogP contribution in [-0.4, -0.2) is 177 Å². The van der Waals surface area contributed by atoms with Crippen LogP contribution in [0, 0.1) is 78.8 Å². The van der Waals surface area contributed by atoms with Gasteiger partial charge >= 0.3 is 128 Å². The van der Waals surface area contributed by atoms with Crippen molar-refractivity contribution in [3.05, 3.63) is 19.2 Å². The van der Waals surface area contributed by atoms with Crippen molar-refractivity contribution in [2.24, 2.45) is 0 Å². The maximum absolute atomic E-state index is 7.40. The summed E-state index contributed by atoms with van der Waals surface area (Å²) < 4.78 is 44.5. The van der Waals surface area contributed by atoms with Gasteiger partial charge in [-0.1, -0.05) is 274 Å². The van der Waals surface area contributed by atoms with Crippen molar-refractivity contribution in [3.63, 3.8) is 0 Å². The molecule has 6 aliphatic rings. The Morgan fingerprint density at radius 1 is 0.239 bits per heavy atom. The maximum atomic E-state index is 7.40. The van der Waals surface area contributed by atoms with E-state index in [4.69, 9.17) is 36.7 Å². The fourth-order valence-electron chi connectivity index (χ4n) is 16.3. The summed E-state index contributed by atoms with van der Waals surface area (Å²) in [6.07, 6.45) is 15.3. The van der Waals surface area contributed by atoms with Gasteiger partial charge in [-0.05, 0) is 77.0 Å². The van der Waals surface area contributed by atoms with Gasteiger partial charge in [-0.2, -0.15) is 0 Å². The maximum Gasteiger partial charge on any atom is 3.00 e. The average molecular weight is 2190 g/mol. The molecule has 6 rings (SSSR count). The zero-order valence-electron chi connectivity index (χ0n) is 64.3. The Labute approximate surface area is 683 Å². The molecule has 6 fully saturated rings. The minimum absolute atomic E-state index is 0. The van der Waals surface area contributed by atoms with Crippen molar-refractivity contribution in [2.45, 2.75) is 287 Å². The van der Waals surface area contributed by atoms with Gasteiger partial charge < -0.3 is 84.6 Å². The van der Waals surface area contributed by atoms with E-state index in [1.165, 1.54) is 77.0 Å². The first kappa shape index (κ1) is 113. The minimum atomic E-state index is -1.83. The van der Waals surface area contributed by atoms with Gasteiger partial charge in [0.2, 0.25) is 0 Å². The van der Waals surface area contributed by atoms with E-state index in [1.54, 1.807) is 0 Å². The molecule has 0 atom stereocenters. The topological polar surface area (TPSA) is 73.8 Å². The Morgan fingerprint density at radius 3 is 0.364 bits per heavy atom. The van der Waals surface area contributed by atoms with E-state index in [1.807, 2.05) is 19.2 Å². The third kappa shape index (κ3) is 55.4. The molecule has 0 unspecified atom stereocenters. The van der Waals surface area contributed by atoms with Crippen LogP contribution in [0.25, 0.3) is 0 Å². The molecule has 0 bridgehead atoms. The molecule has 0 aromatic rings. The first-order valence-electron chi connectivity index (χ1n) is 32.5. The second kappa shape index (κ2) is 54.5. The fraction of sp³-hybridized carbons (Fsp3) is 0.933. The van der Waals surface area contributed by atoms with Crippen molar-refractivity contribution in [1.29, 1.82) is 0 Å². The molecular weight excluding hydrogens is 2050 g/mol. The Bertz CT molecular complexity index is 1280. The summed E-state index contributed by atoms with van der Waals surface area (Å²) in [4.78, 5) is 7.77. The van der Waals surface area contributed by atoms with E-state index in [0.29, 0.717) is 0 Å². The molecule has 6 aliphatic heterocycles. The van der Waals surface area contributed by atoms with Crippen LogP contribution in [0.15, 0.2) is 0 Å². The van der Waals surface area contributed by atoms with E-state index in [0.717, 1.165) is 102 Å². The third-order valence-corrected chi connectivity index (χ3v) is 89.8. The van der Waals surface area contributed by atoms with Gasteiger partial charge in [-0.3, -0.25) is 19.2 Å². The summed E-state index contributed by atoms with van der Waals surface area (Å²) in [7, 11) is -18.0. The van der Waals surface area contributed by atoms with E-state index >= 15 is 0 Å². The van der Waals surface area contributed by atoms with E-state index in [9.17, 15) is 0 Å². The smallest absolute Gasteiger partial charge is 1.00 e. The molecule has 88 heavy (non-hydrogen) atoms. The number of hydrogen-bond acceptors (Lipinski definition) is 8. The number of hydrogen-bond donors (Lipinski definition) is 0. The van der Waals surface area contributed by atoms with Crippen LogP contribution >= 0.6 is 30.5 Å². The van der Waals surface area contributed by atoms with Crippen LogP contribution in [-0.2, 0) is 36.7 Å². The number of rotatable bonds is 16. The van der Waals surface area contributed by atoms with Crippen molar-refractivity contribution in [1.82, 2.24) is 0 Å². The molecule has 0 aromatic heterocycles. The minimum Gasteiger partial charge on any atom is 1.00 e. The molecule has 0 spiro atoms. The molecule has 537 valence electrons. The Morgan fingerprint density at radius 2 is 0.318 bits per heavy atom. The first-order chi connectivity index (χ1) is 37.3. The Hall–Kier alpha value is 8.86. The van der Waals surface area contributed by atoms with Crippen molar-refractivity contribution in [3.8, 4) is 0 Å². The van der Waals surface area contributed by atoms with Gasteiger partial charge in [0.25, 0.3) is 0 Å². The molecule has 0 aromatic carbocycles. The molecule has 8 nitrogen and oxygen atoms in total. The molecule has 0 aliphatic carbocycles. The van der Waals surface area contributed by atoms with Crippen molar-refractivity contribution >= 4 is 128 Å². The van der Waals surface area contributed by atoms with Gasteiger partial charge in [-0.15, -0.1) is 0 Å². The molecular formula is C60H144I4Li2O8Si12Tm2-. The van der Waals surface area contributed by atoms with Crippen LogP contribution in [0.3, 0.4) is 0 Å². The molecule has 0 radical (unpaired) electrons. The normalized spacial score (nSPS) is 17.6. The van der Waals surface area contributed by atoms with Crippen LogP contribution in [0.4, 0.5) is 0 Å². The quantitative estimate of drug-likeness (QED) is 0.0864. The molecule has 6 heterocycles. The Balaban J connectivity index is -0.000000153. The summed E-state index contributed by atoms with van der Waals surface area (Å²) in [5.74, 6) is 0. The second-order valence-corrected chi connectivity index (χ2v) is 109. The monoisotopic (exact) mass is 2190 g/mol. The summed E-state index contributed by atoms with van der Waals surface area (Å²) >= 11 is 5.46. The predicted molar refractivity (Wildman–Crippen MR) is 420 cm³/mol. The van der Waals surface area contributed by atoms with Gasteiger partial charge in [0.05, 0.1) is 0 Å². The molecule has 28 heteroatoms. The largest absolute Gasteiger partial charge is 3.00 e. The van der Waals surface area contributed by atoms with Crippen LogP contribution in [0.1, 0.15) is 77.0 Å². The number of halogens is 4. The van der Waals surface area contributed by atoms with Gasteiger partial charge in [0, 0.05) is 113 Å². The zero-order chi connectivity index (χ0) is 65.6. The third-order valence-electron chi connectivity index (χ3n) is 14.4. The predicted octanol–water partition coefficient (Wildman–Crippen LogP) is 8.87.